The van der Waals surface area contributed by atoms with E-state index < -0.39 is 42.9 Å². The molecule has 0 aromatic rings. The molecule has 156 valence electrons. The third-order valence-electron chi connectivity index (χ3n) is 6.60. The van der Waals surface area contributed by atoms with Crippen LogP contribution in [-0.2, 0) is 19.0 Å². The van der Waals surface area contributed by atoms with Crippen molar-refractivity contribution in [3.8, 4) is 0 Å². The van der Waals surface area contributed by atoms with Gasteiger partial charge in [0.15, 0.2) is 6.29 Å². The van der Waals surface area contributed by atoms with Gasteiger partial charge in [-0.3, -0.25) is 0 Å². The van der Waals surface area contributed by atoms with E-state index in [0.29, 0.717) is 25.9 Å². The number of fused-ring (bicyclic) bond motifs is 2. The van der Waals surface area contributed by atoms with E-state index in [1.54, 1.807) is 6.92 Å². The van der Waals surface area contributed by atoms with Gasteiger partial charge in [0.2, 0.25) is 0 Å². The van der Waals surface area contributed by atoms with Crippen molar-refractivity contribution in [1.82, 2.24) is 0 Å². The minimum absolute atomic E-state index is 0.152. The number of rotatable bonds is 6. The van der Waals surface area contributed by atoms with Crippen molar-refractivity contribution in [2.24, 2.45) is 11.3 Å². The molecule has 8 nitrogen and oxygen atoms in total. The summed E-state index contributed by atoms with van der Waals surface area (Å²) in [5.74, 6) is 0.407. The lowest BCUT2D eigenvalue weighted by atomic mass is 9.61. The molecule has 4 N–H and O–H groups in total. The predicted molar refractivity (Wildman–Crippen MR) is 93.7 cm³/mol. The fourth-order valence-electron chi connectivity index (χ4n) is 5.18. The highest BCUT2D eigenvalue weighted by molar-refractivity contribution is 5.75. The van der Waals surface area contributed by atoms with Crippen LogP contribution >= 0.6 is 0 Å². The second kappa shape index (κ2) is 7.67. The largest absolute Gasteiger partial charge is 0.394 e. The maximum atomic E-state index is 11.4. The van der Waals surface area contributed by atoms with Crippen LogP contribution in [-0.4, -0.2) is 81.8 Å². The van der Waals surface area contributed by atoms with Gasteiger partial charge in [0.25, 0.3) is 0 Å². The summed E-state index contributed by atoms with van der Waals surface area (Å²) in [6.45, 7) is 5.86. The molecule has 1 saturated carbocycles. The molecule has 8 heteroatoms. The van der Waals surface area contributed by atoms with E-state index in [1.165, 1.54) is 0 Å². The first-order valence-electron chi connectivity index (χ1n) is 9.69. The summed E-state index contributed by atoms with van der Waals surface area (Å²) in [5.41, 5.74) is -0.581. The Morgan fingerprint density at radius 2 is 1.85 bits per heavy atom. The Kier molecular flexibility index (Phi) is 5.99. The Balaban J connectivity index is 1.69. The number of aliphatic hydroxyl groups excluding tert-OH is 4. The van der Waals surface area contributed by atoms with E-state index >= 15 is 0 Å². The Hall–Kier alpha value is -0.610. The average Bonchev–Trinajstić information content (AvgIpc) is 2.74. The zero-order valence-electron chi connectivity index (χ0n) is 16.2. The van der Waals surface area contributed by atoms with Gasteiger partial charge in [-0.15, -0.1) is 0 Å². The van der Waals surface area contributed by atoms with Gasteiger partial charge in [0, 0.05) is 12.8 Å². The zero-order chi connectivity index (χ0) is 20.0. The van der Waals surface area contributed by atoms with E-state index in [9.17, 15) is 25.2 Å². The highest BCUT2D eigenvalue weighted by atomic mass is 16.7. The molecule has 2 saturated heterocycles. The molecule has 3 aliphatic rings. The van der Waals surface area contributed by atoms with Crippen molar-refractivity contribution < 1.29 is 39.4 Å². The summed E-state index contributed by atoms with van der Waals surface area (Å²) in [6, 6.07) is 0. The first kappa shape index (κ1) is 21.1. The standard InChI is InChI=1S/C19H32O8/c1-10(21)4-5-13-18(2)6-11(7-19(13,3)25-9-18)26-17-16(24)15(23)14(22)12(8-20)27-17/h11-17,20,22-24H,4-9H2,1-3H3/t11-,12+,13-,14+,15-,16+,17+,18+,19+/m0/s1. The zero-order valence-corrected chi connectivity index (χ0v) is 16.2. The summed E-state index contributed by atoms with van der Waals surface area (Å²) in [7, 11) is 0. The van der Waals surface area contributed by atoms with Gasteiger partial charge in [-0.05, 0) is 38.0 Å². The van der Waals surface area contributed by atoms with E-state index in [-0.39, 0.29) is 23.2 Å². The Morgan fingerprint density at radius 3 is 2.44 bits per heavy atom. The first-order valence-corrected chi connectivity index (χ1v) is 9.69. The Morgan fingerprint density at radius 1 is 1.15 bits per heavy atom. The highest BCUT2D eigenvalue weighted by Gasteiger charge is 2.59. The molecule has 0 spiro atoms. The SMILES string of the molecule is CC(=O)CC[C@H]1[C@@]2(C)CO[C@]1(C)C[C@@H](O[C@@H]1O[C@H](CO)[C@@H](O)[C@H](O)[C@H]1O)C2. The van der Waals surface area contributed by atoms with Crippen molar-refractivity contribution in [3.05, 3.63) is 0 Å². The van der Waals surface area contributed by atoms with Crippen LogP contribution in [0.4, 0.5) is 0 Å². The summed E-state index contributed by atoms with van der Waals surface area (Å²) < 4.78 is 17.6. The number of Topliss-reactive ketones (excluding diaryl/α,β-unsaturated/α-hetero) is 1. The molecule has 0 aromatic heterocycles. The van der Waals surface area contributed by atoms with E-state index in [2.05, 4.69) is 6.92 Å². The van der Waals surface area contributed by atoms with Crippen LogP contribution in [0.1, 0.15) is 46.5 Å². The molecule has 27 heavy (non-hydrogen) atoms. The van der Waals surface area contributed by atoms with Crippen molar-refractivity contribution >= 4 is 5.78 Å². The van der Waals surface area contributed by atoms with Crippen LogP contribution in [0.15, 0.2) is 0 Å². The summed E-state index contributed by atoms with van der Waals surface area (Å²) >= 11 is 0. The molecule has 9 atom stereocenters. The molecule has 2 heterocycles. The molecule has 0 unspecified atom stereocenters. The van der Waals surface area contributed by atoms with Crippen molar-refractivity contribution in [2.75, 3.05) is 13.2 Å². The van der Waals surface area contributed by atoms with Gasteiger partial charge in [-0.1, -0.05) is 6.92 Å². The maximum absolute atomic E-state index is 11.4. The Labute approximate surface area is 159 Å². The van der Waals surface area contributed by atoms with Gasteiger partial charge in [-0.25, -0.2) is 0 Å². The third kappa shape index (κ3) is 3.94. The lowest BCUT2D eigenvalue weighted by Crippen LogP contribution is -2.60. The smallest absolute Gasteiger partial charge is 0.186 e. The lowest BCUT2D eigenvalue weighted by molar-refractivity contribution is -0.317. The monoisotopic (exact) mass is 388 g/mol. The van der Waals surface area contributed by atoms with E-state index in [4.69, 9.17) is 14.2 Å². The normalized spacial score (nSPS) is 50.0. The Bertz CT molecular complexity index is 534. The second-order valence-electron chi connectivity index (χ2n) is 8.91. The molecule has 0 amide bonds. The molecule has 0 aromatic carbocycles. The van der Waals surface area contributed by atoms with Crippen LogP contribution in [0.25, 0.3) is 0 Å². The van der Waals surface area contributed by atoms with Crippen LogP contribution < -0.4 is 0 Å². The average molecular weight is 388 g/mol. The molecule has 2 bridgehead atoms. The summed E-state index contributed by atoms with van der Waals surface area (Å²) in [4.78, 5) is 11.4. The lowest BCUT2D eigenvalue weighted by Gasteiger charge is -2.47. The van der Waals surface area contributed by atoms with Crippen molar-refractivity contribution in [2.45, 2.75) is 88.9 Å². The van der Waals surface area contributed by atoms with Crippen molar-refractivity contribution in [1.29, 1.82) is 0 Å². The number of hydrogen-bond donors (Lipinski definition) is 4. The minimum atomic E-state index is -1.45. The predicted octanol–water partition coefficient (Wildman–Crippen LogP) is -0.254. The number of ether oxygens (including phenoxy) is 3. The number of ketones is 1. The summed E-state index contributed by atoms with van der Waals surface area (Å²) in [5, 5.41) is 39.4. The molecular weight excluding hydrogens is 356 g/mol. The molecule has 0 radical (unpaired) electrons. The number of aliphatic hydroxyl groups is 4. The van der Waals surface area contributed by atoms with Gasteiger partial charge >= 0.3 is 0 Å². The van der Waals surface area contributed by atoms with Crippen molar-refractivity contribution in [3.63, 3.8) is 0 Å². The van der Waals surface area contributed by atoms with Crippen LogP contribution in [0.3, 0.4) is 0 Å². The van der Waals surface area contributed by atoms with Gasteiger partial charge in [0.05, 0.1) is 24.9 Å². The van der Waals surface area contributed by atoms with Gasteiger partial charge in [-0.2, -0.15) is 0 Å². The first-order chi connectivity index (χ1) is 12.6. The number of carbonyl (C=O) groups is 1. The number of hydrogen-bond acceptors (Lipinski definition) is 8. The van der Waals surface area contributed by atoms with Gasteiger partial charge < -0.3 is 39.4 Å². The van der Waals surface area contributed by atoms with Crippen LogP contribution in [0, 0.1) is 11.3 Å². The molecular formula is C19H32O8. The quantitative estimate of drug-likeness (QED) is 0.491. The topological polar surface area (TPSA) is 126 Å². The summed E-state index contributed by atoms with van der Waals surface area (Å²) in [6.07, 6.45) is -4.08. The number of carbonyl (C=O) groups excluding carboxylic acids is 1. The molecule has 3 rings (SSSR count). The van der Waals surface area contributed by atoms with Crippen LogP contribution in [0.2, 0.25) is 0 Å². The van der Waals surface area contributed by atoms with Crippen LogP contribution in [0.5, 0.6) is 0 Å². The highest BCUT2D eigenvalue weighted by Crippen LogP contribution is 2.56. The fraction of sp³-hybridized carbons (Fsp3) is 0.947. The minimum Gasteiger partial charge on any atom is -0.394 e. The van der Waals surface area contributed by atoms with E-state index in [1.807, 2.05) is 6.92 Å². The van der Waals surface area contributed by atoms with Gasteiger partial charge in [0.1, 0.15) is 30.2 Å². The second-order valence-corrected chi connectivity index (χ2v) is 8.91. The molecule has 2 aliphatic heterocycles. The fourth-order valence-corrected chi connectivity index (χ4v) is 5.18. The molecule has 3 fully saturated rings. The third-order valence-corrected chi connectivity index (χ3v) is 6.60. The molecule has 1 aliphatic carbocycles. The van der Waals surface area contributed by atoms with E-state index in [0.717, 1.165) is 6.42 Å². The maximum Gasteiger partial charge on any atom is 0.186 e.